The summed E-state index contributed by atoms with van der Waals surface area (Å²) >= 11 is 1.72. The molecule has 2 saturated heterocycles. The maximum atomic E-state index is 12.9. The first-order valence-electron chi connectivity index (χ1n) is 10.2. The maximum Gasteiger partial charge on any atom is 0.226 e. The van der Waals surface area contributed by atoms with E-state index in [2.05, 4.69) is 63.3 Å². The first-order valence-corrected chi connectivity index (χ1v) is 11.1. The summed E-state index contributed by atoms with van der Waals surface area (Å²) in [6.45, 7) is 2.76. The zero-order valence-electron chi connectivity index (χ0n) is 16.0. The lowest BCUT2D eigenvalue weighted by Gasteiger charge is -2.38. The number of aryl methyl sites for hydroxylation is 1. The van der Waals surface area contributed by atoms with E-state index >= 15 is 0 Å². The van der Waals surface area contributed by atoms with Gasteiger partial charge in [-0.3, -0.25) is 4.79 Å². The average molecular weight is 392 g/mol. The van der Waals surface area contributed by atoms with Crippen LogP contribution in [0.4, 0.5) is 5.69 Å². The van der Waals surface area contributed by atoms with Crippen molar-refractivity contribution < 1.29 is 4.79 Å². The van der Waals surface area contributed by atoms with Gasteiger partial charge in [0, 0.05) is 31.2 Å². The number of anilines is 1. The van der Waals surface area contributed by atoms with Crippen molar-refractivity contribution >= 4 is 33.1 Å². The monoisotopic (exact) mass is 391 g/mol. The Kier molecular flexibility index (Phi) is 4.77. The van der Waals surface area contributed by atoms with Crippen LogP contribution in [-0.4, -0.2) is 41.5 Å². The van der Waals surface area contributed by atoms with Gasteiger partial charge >= 0.3 is 0 Å². The number of piperazine rings is 1. The third kappa shape index (κ3) is 3.28. The summed E-state index contributed by atoms with van der Waals surface area (Å²) in [5, 5.41) is 0. The number of thiazole rings is 1. The van der Waals surface area contributed by atoms with Gasteiger partial charge in [0.05, 0.1) is 21.8 Å². The fourth-order valence-electron chi connectivity index (χ4n) is 4.81. The highest BCUT2D eigenvalue weighted by Crippen LogP contribution is 2.33. The number of carbonyl (C=O) groups is 1. The zero-order valence-corrected chi connectivity index (χ0v) is 16.8. The molecule has 0 bridgehead atoms. The fourth-order valence-corrected chi connectivity index (χ4v) is 5.64. The number of hydrogen-bond acceptors (Lipinski definition) is 4. The predicted octanol–water partition coefficient (Wildman–Crippen LogP) is 4.36. The van der Waals surface area contributed by atoms with Gasteiger partial charge in [0.2, 0.25) is 5.91 Å². The lowest BCUT2D eigenvalue weighted by atomic mass is 9.96. The Morgan fingerprint density at radius 1 is 1.07 bits per heavy atom. The summed E-state index contributed by atoms with van der Waals surface area (Å²) in [7, 11) is 0. The summed E-state index contributed by atoms with van der Waals surface area (Å²) in [6.07, 6.45) is 4.10. The Morgan fingerprint density at radius 2 is 1.96 bits per heavy atom. The first-order chi connectivity index (χ1) is 13.8. The summed E-state index contributed by atoms with van der Waals surface area (Å²) in [5.74, 6) is 0.579. The van der Waals surface area contributed by atoms with Crippen molar-refractivity contribution in [2.24, 2.45) is 5.92 Å². The van der Waals surface area contributed by atoms with Crippen LogP contribution in [0.25, 0.3) is 10.2 Å². The van der Waals surface area contributed by atoms with E-state index in [0.717, 1.165) is 50.8 Å². The summed E-state index contributed by atoms with van der Waals surface area (Å²) < 4.78 is 1.30. The molecule has 0 spiro atoms. The molecule has 0 saturated carbocycles. The molecule has 1 amide bonds. The largest absolute Gasteiger partial charge is 0.368 e. The predicted molar refractivity (Wildman–Crippen MR) is 115 cm³/mol. The minimum Gasteiger partial charge on any atom is -0.368 e. The van der Waals surface area contributed by atoms with Crippen LogP contribution in [0, 0.1) is 5.92 Å². The SMILES string of the molecule is O=C1[C@@H](CCCc2cccc3ncsc23)C[C@H]2CN(c3ccccc3)CCN12. The van der Waals surface area contributed by atoms with Crippen LogP contribution in [0.2, 0.25) is 0 Å². The van der Waals surface area contributed by atoms with Crippen LogP contribution in [-0.2, 0) is 11.2 Å². The average Bonchev–Trinajstić information content (AvgIpc) is 3.34. The smallest absolute Gasteiger partial charge is 0.226 e. The van der Waals surface area contributed by atoms with Gasteiger partial charge < -0.3 is 9.80 Å². The van der Waals surface area contributed by atoms with Crippen LogP contribution in [0.3, 0.4) is 0 Å². The molecule has 5 rings (SSSR count). The molecule has 28 heavy (non-hydrogen) atoms. The molecular formula is C23H25N3OS. The second-order valence-corrected chi connectivity index (χ2v) is 8.76. The van der Waals surface area contributed by atoms with Gasteiger partial charge in [-0.25, -0.2) is 4.98 Å². The first kappa shape index (κ1) is 17.7. The Hall–Kier alpha value is -2.40. The maximum absolute atomic E-state index is 12.9. The van der Waals surface area contributed by atoms with Crippen molar-refractivity contribution in [1.82, 2.24) is 9.88 Å². The van der Waals surface area contributed by atoms with E-state index in [1.165, 1.54) is 16.0 Å². The molecule has 2 fully saturated rings. The molecule has 2 atom stereocenters. The van der Waals surface area contributed by atoms with Gasteiger partial charge in [0.1, 0.15) is 0 Å². The lowest BCUT2D eigenvalue weighted by Crippen LogP contribution is -2.51. The molecule has 2 aliphatic heterocycles. The van der Waals surface area contributed by atoms with Gasteiger partial charge in [-0.15, -0.1) is 11.3 Å². The molecule has 4 nitrogen and oxygen atoms in total. The van der Waals surface area contributed by atoms with E-state index < -0.39 is 0 Å². The number of hydrogen-bond donors (Lipinski definition) is 0. The quantitative estimate of drug-likeness (QED) is 0.649. The molecule has 0 radical (unpaired) electrons. The number of para-hydroxylation sites is 1. The highest BCUT2D eigenvalue weighted by Gasteiger charge is 2.41. The Labute approximate surface area is 169 Å². The number of carbonyl (C=O) groups excluding carboxylic acids is 1. The molecule has 1 aromatic heterocycles. The lowest BCUT2D eigenvalue weighted by molar-refractivity contribution is -0.132. The van der Waals surface area contributed by atoms with Crippen LogP contribution >= 0.6 is 11.3 Å². The van der Waals surface area contributed by atoms with Crippen molar-refractivity contribution in [1.29, 1.82) is 0 Å². The van der Waals surface area contributed by atoms with Gasteiger partial charge in [0.15, 0.2) is 0 Å². The Balaban J connectivity index is 1.20. The number of nitrogens with zero attached hydrogens (tertiary/aromatic N) is 3. The number of aromatic nitrogens is 1. The van der Waals surface area contributed by atoms with Crippen LogP contribution in [0.15, 0.2) is 54.0 Å². The Bertz CT molecular complexity index is 970. The fraction of sp³-hybridized carbons (Fsp3) is 0.391. The van der Waals surface area contributed by atoms with E-state index in [1.807, 2.05) is 5.51 Å². The van der Waals surface area contributed by atoms with Gasteiger partial charge in [-0.05, 0) is 49.4 Å². The van der Waals surface area contributed by atoms with Crippen molar-refractivity contribution in [2.45, 2.75) is 31.7 Å². The minimum absolute atomic E-state index is 0.196. The summed E-state index contributed by atoms with van der Waals surface area (Å²) in [6, 6.07) is 17.3. The minimum atomic E-state index is 0.196. The molecule has 0 N–H and O–H groups in total. The van der Waals surface area contributed by atoms with Crippen LogP contribution < -0.4 is 4.90 Å². The second-order valence-electron chi connectivity index (χ2n) is 7.91. The van der Waals surface area contributed by atoms with Crippen LogP contribution in [0.1, 0.15) is 24.8 Å². The molecule has 144 valence electrons. The molecule has 3 heterocycles. The standard InChI is InChI=1S/C23H25N3OS/c27-23-18(8-4-6-17-7-5-11-21-22(17)28-16-24-21)14-20-15-25(12-13-26(20)23)19-9-2-1-3-10-19/h1-3,5,7,9-11,16,18,20H,4,6,8,12-15H2/t18-,20-/m0/s1. The van der Waals surface area contributed by atoms with Crippen molar-refractivity contribution in [3.63, 3.8) is 0 Å². The van der Waals surface area contributed by atoms with E-state index in [4.69, 9.17) is 0 Å². The van der Waals surface area contributed by atoms with E-state index in [0.29, 0.717) is 11.9 Å². The summed E-state index contributed by atoms with van der Waals surface area (Å²) in [4.78, 5) is 21.9. The highest BCUT2D eigenvalue weighted by atomic mass is 32.1. The number of amides is 1. The Morgan fingerprint density at radius 3 is 2.86 bits per heavy atom. The molecule has 2 aromatic carbocycles. The molecular weight excluding hydrogens is 366 g/mol. The second kappa shape index (κ2) is 7.55. The van der Waals surface area contributed by atoms with Crippen molar-refractivity contribution in [3.8, 4) is 0 Å². The normalized spacial score (nSPS) is 22.1. The van der Waals surface area contributed by atoms with E-state index in [9.17, 15) is 4.79 Å². The van der Waals surface area contributed by atoms with Crippen LogP contribution in [0.5, 0.6) is 0 Å². The van der Waals surface area contributed by atoms with Crippen molar-refractivity contribution in [3.05, 3.63) is 59.6 Å². The van der Waals surface area contributed by atoms with Gasteiger partial charge in [0.25, 0.3) is 0 Å². The topological polar surface area (TPSA) is 36.4 Å². The third-order valence-corrected chi connectivity index (χ3v) is 7.15. The molecule has 5 heteroatoms. The van der Waals surface area contributed by atoms with Crippen molar-refractivity contribution in [2.75, 3.05) is 24.5 Å². The number of benzene rings is 2. The van der Waals surface area contributed by atoms with Gasteiger partial charge in [-0.1, -0.05) is 30.3 Å². The third-order valence-electron chi connectivity index (χ3n) is 6.23. The number of rotatable bonds is 5. The van der Waals surface area contributed by atoms with Gasteiger partial charge in [-0.2, -0.15) is 0 Å². The zero-order chi connectivity index (χ0) is 18.9. The number of fused-ring (bicyclic) bond motifs is 2. The van der Waals surface area contributed by atoms with E-state index in [1.54, 1.807) is 11.3 Å². The highest BCUT2D eigenvalue weighted by molar-refractivity contribution is 7.16. The molecule has 0 unspecified atom stereocenters. The van der Waals surface area contributed by atoms with E-state index in [-0.39, 0.29) is 5.92 Å². The molecule has 3 aromatic rings. The molecule has 2 aliphatic rings. The molecule has 0 aliphatic carbocycles. The summed E-state index contributed by atoms with van der Waals surface area (Å²) in [5.41, 5.74) is 5.66.